The Labute approximate surface area is 81.9 Å². The van der Waals surface area contributed by atoms with Gasteiger partial charge in [0, 0.05) is 5.92 Å². The largest absolute Gasteiger partial charge is 0.299 e. The van der Waals surface area contributed by atoms with Gasteiger partial charge in [0.2, 0.25) is 0 Å². The molecule has 2 fully saturated rings. The highest BCUT2D eigenvalue weighted by atomic mass is 16.2. The molecule has 1 aromatic rings. The molecule has 14 heavy (non-hydrogen) atoms. The van der Waals surface area contributed by atoms with Crippen LogP contribution in [0.15, 0.2) is 30.3 Å². The number of rotatable bonds is 1. The molecular formula is C12H10O2. The lowest BCUT2D eigenvalue weighted by atomic mass is 9.92. The van der Waals surface area contributed by atoms with Crippen molar-refractivity contribution in [1.82, 2.24) is 0 Å². The molecule has 2 saturated carbocycles. The van der Waals surface area contributed by atoms with Crippen LogP contribution in [-0.4, -0.2) is 11.6 Å². The van der Waals surface area contributed by atoms with Crippen LogP contribution >= 0.6 is 0 Å². The summed E-state index contributed by atoms with van der Waals surface area (Å²) in [6.07, 6.45) is 0.897. The predicted octanol–water partition coefficient (Wildman–Crippen LogP) is 1.49. The van der Waals surface area contributed by atoms with Gasteiger partial charge in [0.05, 0.1) is 11.8 Å². The van der Waals surface area contributed by atoms with Crippen LogP contribution in [-0.2, 0) is 15.0 Å². The molecule has 0 aromatic heterocycles. The van der Waals surface area contributed by atoms with E-state index in [-0.39, 0.29) is 23.9 Å². The summed E-state index contributed by atoms with van der Waals surface area (Å²) in [5.74, 6) is 0.259. The summed E-state index contributed by atoms with van der Waals surface area (Å²) in [6, 6.07) is 9.69. The molecule has 0 spiro atoms. The SMILES string of the molecule is O=C1CC(=O)C2(c3ccccc3)CC12. The van der Waals surface area contributed by atoms with Crippen LogP contribution in [0, 0.1) is 5.92 Å². The van der Waals surface area contributed by atoms with Crippen molar-refractivity contribution in [3.05, 3.63) is 35.9 Å². The monoisotopic (exact) mass is 186 g/mol. The summed E-state index contributed by atoms with van der Waals surface area (Å²) in [5.41, 5.74) is 0.624. The van der Waals surface area contributed by atoms with Crippen molar-refractivity contribution in [1.29, 1.82) is 0 Å². The lowest BCUT2D eigenvalue weighted by Gasteiger charge is -2.09. The maximum atomic E-state index is 11.7. The van der Waals surface area contributed by atoms with Gasteiger partial charge in [-0.3, -0.25) is 9.59 Å². The minimum atomic E-state index is -0.404. The Hall–Kier alpha value is -1.44. The van der Waals surface area contributed by atoms with Crippen molar-refractivity contribution >= 4 is 11.6 Å². The first kappa shape index (κ1) is 7.92. The van der Waals surface area contributed by atoms with Gasteiger partial charge in [0.15, 0.2) is 5.78 Å². The number of hydrogen-bond donors (Lipinski definition) is 0. The molecule has 2 unspecified atom stereocenters. The maximum absolute atomic E-state index is 11.7. The van der Waals surface area contributed by atoms with Gasteiger partial charge in [0.25, 0.3) is 0 Å². The molecule has 3 rings (SSSR count). The fourth-order valence-corrected chi connectivity index (χ4v) is 2.61. The highest BCUT2D eigenvalue weighted by molar-refractivity contribution is 6.17. The first-order valence-electron chi connectivity index (χ1n) is 4.87. The van der Waals surface area contributed by atoms with Crippen molar-refractivity contribution in [2.45, 2.75) is 18.3 Å². The fraction of sp³-hybridized carbons (Fsp3) is 0.333. The summed E-state index contributed by atoms with van der Waals surface area (Å²) in [7, 11) is 0. The Morgan fingerprint density at radius 3 is 2.36 bits per heavy atom. The number of carbonyl (C=O) groups is 2. The average molecular weight is 186 g/mol. The Morgan fingerprint density at radius 2 is 1.86 bits per heavy atom. The van der Waals surface area contributed by atoms with Crippen LogP contribution in [0.3, 0.4) is 0 Å². The van der Waals surface area contributed by atoms with Crippen molar-refractivity contribution in [2.75, 3.05) is 0 Å². The molecule has 1 aromatic carbocycles. The zero-order valence-electron chi connectivity index (χ0n) is 7.69. The third kappa shape index (κ3) is 0.763. The van der Waals surface area contributed by atoms with Crippen LogP contribution in [0.25, 0.3) is 0 Å². The lowest BCUT2D eigenvalue weighted by molar-refractivity contribution is -0.124. The van der Waals surface area contributed by atoms with E-state index in [2.05, 4.69) is 0 Å². The second kappa shape index (κ2) is 2.32. The van der Waals surface area contributed by atoms with Crippen LogP contribution in [0.2, 0.25) is 0 Å². The molecule has 0 bridgehead atoms. The average Bonchev–Trinajstić information content (AvgIpc) is 2.90. The second-order valence-corrected chi connectivity index (χ2v) is 4.16. The van der Waals surface area contributed by atoms with E-state index < -0.39 is 5.41 Å². The molecule has 0 amide bonds. The summed E-state index contributed by atoms with van der Waals surface area (Å²) in [5, 5.41) is 0. The molecule has 2 atom stereocenters. The number of hydrogen-bond acceptors (Lipinski definition) is 2. The zero-order valence-corrected chi connectivity index (χ0v) is 7.69. The van der Waals surface area contributed by atoms with E-state index in [0.29, 0.717) is 0 Å². The minimum Gasteiger partial charge on any atom is -0.299 e. The molecule has 70 valence electrons. The van der Waals surface area contributed by atoms with Crippen LogP contribution in [0.1, 0.15) is 18.4 Å². The Balaban J connectivity index is 2.09. The Morgan fingerprint density at radius 1 is 1.14 bits per heavy atom. The molecule has 0 heterocycles. The third-order valence-corrected chi connectivity index (χ3v) is 3.47. The van der Waals surface area contributed by atoms with Gasteiger partial charge in [-0.15, -0.1) is 0 Å². The summed E-state index contributed by atoms with van der Waals surface area (Å²) in [4.78, 5) is 23.1. The standard InChI is InChI=1S/C12H10O2/c13-10-6-11(14)12(7-9(10)12)8-4-2-1-3-5-8/h1-5,9H,6-7H2. The number of benzene rings is 1. The normalized spacial score (nSPS) is 34.4. The van der Waals surface area contributed by atoms with Crippen LogP contribution in [0.5, 0.6) is 0 Å². The van der Waals surface area contributed by atoms with Gasteiger partial charge in [0.1, 0.15) is 5.78 Å². The van der Waals surface area contributed by atoms with E-state index in [9.17, 15) is 9.59 Å². The lowest BCUT2D eigenvalue weighted by Crippen LogP contribution is -2.16. The summed E-state index contributed by atoms with van der Waals surface area (Å²) >= 11 is 0. The van der Waals surface area contributed by atoms with Gasteiger partial charge >= 0.3 is 0 Å². The fourth-order valence-electron chi connectivity index (χ4n) is 2.61. The molecule has 0 saturated heterocycles. The van der Waals surface area contributed by atoms with Crippen molar-refractivity contribution in [3.8, 4) is 0 Å². The summed E-state index contributed by atoms with van der Waals surface area (Å²) in [6.45, 7) is 0. The third-order valence-electron chi connectivity index (χ3n) is 3.47. The van der Waals surface area contributed by atoms with Gasteiger partial charge < -0.3 is 0 Å². The zero-order chi connectivity index (χ0) is 9.76. The van der Waals surface area contributed by atoms with Crippen molar-refractivity contribution in [2.24, 2.45) is 5.92 Å². The summed E-state index contributed by atoms with van der Waals surface area (Å²) < 4.78 is 0. The van der Waals surface area contributed by atoms with E-state index in [1.807, 2.05) is 30.3 Å². The van der Waals surface area contributed by atoms with E-state index in [0.717, 1.165) is 12.0 Å². The molecule has 2 aliphatic carbocycles. The van der Waals surface area contributed by atoms with Crippen molar-refractivity contribution in [3.63, 3.8) is 0 Å². The number of fused-ring (bicyclic) bond motifs is 1. The molecular weight excluding hydrogens is 176 g/mol. The molecule has 2 nitrogen and oxygen atoms in total. The molecule has 2 aliphatic rings. The molecule has 0 N–H and O–H groups in total. The highest BCUT2D eigenvalue weighted by Crippen LogP contribution is 2.60. The topological polar surface area (TPSA) is 34.1 Å². The van der Waals surface area contributed by atoms with Gasteiger partial charge in [-0.2, -0.15) is 0 Å². The van der Waals surface area contributed by atoms with E-state index in [1.165, 1.54) is 0 Å². The molecule has 2 heteroatoms. The maximum Gasteiger partial charge on any atom is 0.151 e. The van der Waals surface area contributed by atoms with Gasteiger partial charge in [-0.05, 0) is 12.0 Å². The van der Waals surface area contributed by atoms with E-state index in [4.69, 9.17) is 0 Å². The Bertz CT molecular complexity index is 421. The predicted molar refractivity (Wildman–Crippen MR) is 50.9 cm³/mol. The number of Topliss-reactive ketones (excluding diaryl/α,β-unsaturated/α-hetero) is 2. The first-order valence-corrected chi connectivity index (χ1v) is 4.87. The van der Waals surface area contributed by atoms with Crippen LogP contribution < -0.4 is 0 Å². The highest BCUT2D eigenvalue weighted by Gasteiger charge is 2.68. The van der Waals surface area contributed by atoms with E-state index in [1.54, 1.807) is 0 Å². The van der Waals surface area contributed by atoms with Crippen LogP contribution in [0.4, 0.5) is 0 Å². The Kier molecular flexibility index (Phi) is 1.31. The smallest absolute Gasteiger partial charge is 0.151 e. The molecule has 0 radical (unpaired) electrons. The second-order valence-electron chi connectivity index (χ2n) is 4.16. The van der Waals surface area contributed by atoms with Crippen molar-refractivity contribution < 1.29 is 9.59 Å². The number of ketones is 2. The number of carbonyl (C=O) groups excluding carboxylic acids is 2. The van der Waals surface area contributed by atoms with Gasteiger partial charge in [-0.25, -0.2) is 0 Å². The first-order chi connectivity index (χ1) is 6.75. The van der Waals surface area contributed by atoms with E-state index >= 15 is 0 Å². The molecule has 0 aliphatic heterocycles. The quantitative estimate of drug-likeness (QED) is 0.622. The van der Waals surface area contributed by atoms with Gasteiger partial charge in [-0.1, -0.05) is 30.3 Å². The minimum absolute atomic E-state index is 0.00241.